The number of benzene rings is 1. The molecule has 0 fully saturated rings. The standard InChI is InChI=1S/C11H9F2N3O2/c1-2-18-11(17)10-14-9(15-16-10)7-5-6(12)3-4-8(7)13/h3-5H,2H2,1H3,(H,14,15,16). The van der Waals surface area contributed by atoms with Crippen molar-refractivity contribution in [1.29, 1.82) is 0 Å². The molecular weight excluding hydrogens is 244 g/mol. The Kier molecular flexibility index (Phi) is 3.31. The Morgan fingerprint density at radius 3 is 2.94 bits per heavy atom. The number of esters is 1. The van der Waals surface area contributed by atoms with Gasteiger partial charge in [-0.25, -0.2) is 18.6 Å². The molecule has 0 radical (unpaired) electrons. The fourth-order valence-corrected chi connectivity index (χ4v) is 1.34. The molecule has 1 N–H and O–H groups in total. The third-order valence-electron chi connectivity index (χ3n) is 2.12. The third kappa shape index (κ3) is 2.34. The summed E-state index contributed by atoms with van der Waals surface area (Å²) in [6, 6.07) is 2.90. The molecule has 0 unspecified atom stereocenters. The van der Waals surface area contributed by atoms with Crippen molar-refractivity contribution < 1.29 is 18.3 Å². The van der Waals surface area contributed by atoms with Crippen LogP contribution < -0.4 is 0 Å². The summed E-state index contributed by atoms with van der Waals surface area (Å²) in [6.07, 6.45) is 0. The molecule has 0 aliphatic heterocycles. The van der Waals surface area contributed by atoms with Crippen LogP contribution in [0.15, 0.2) is 18.2 Å². The van der Waals surface area contributed by atoms with Gasteiger partial charge in [-0.15, -0.1) is 0 Å². The van der Waals surface area contributed by atoms with Crippen molar-refractivity contribution in [2.45, 2.75) is 6.92 Å². The Balaban J connectivity index is 2.35. The van der Waals surface area contributed by atoms with Gasteiger partial charge in [0.15, 0.2) is 5.82 Å². The summed E-state index contributed by atoms with van der Waals surface area (Å²) in [4.78, 5) is 15.1. The fourth-order valence-electron chi connectivity index (χ4n) is 1.34. The predicted octanol–water partition coefficient (Wildman–Crippen LogP) is 1.93. The Hall–Kier alpha value is -2.31. The van der Waals surface area contributed by atoms with Crippen LogP contribution in [0.3, 0.4) is 0 Å². The van der Waals surface area contributed by atoms with Crippen LogP contribution in [0.25, 0.3) is 11.4 Å². The number of carbonyl (C=O) groups excluding carboxylic acids is 1. The topological polar surface area (TPSA) is 67.9 Å². The molecule has 1 heterocycles. The summed E-state index contributed by atoms with van der Waals surface area (Å²) in [5, 5.41) is 5.96. The fraction of sp³-hybridized carbons (Fsp3) is 0.182. The lowest BCUT2D eigenvalue weighted by Crippen LogP contribution is -2.06. The van der Waals surface area contributed by atoms with E-state index in [4.69, 9.17) is 4.74 Å². The summed E-state index contributed by atoms with van der Waals surface area (Å²) in [6.45, 7) is 1.82. The molecule has 1 aromatic heterocycles. The summed E-state index contributed by atoms with van der Waals surface area (Å²) in [5.41, 5.74) is -0.123. The summed E-state index contributed by atoms with van der Waals surface area (Å²) in [7, 11) is 0. The SMILES string of the molecule is CCOC(=O)c1nc(-c2cc(F)ccc2F)n[nH]1. The molecule has 0 aliphatic rings. The maximum atomic E-state index is 13.4. The van der Waals surface area contributed by atoms with E-state index in [1.807, 2.05) is 0 Å². The van der Waals surface area contributed by atoms with Crippen LogP contribution in [0.2, 0.25) is 0 Å². The molecule has 0 bridgehead atoms. The molecule has 1 aromatic carbocycles. The van der Waals surface area contributed by atoms with Gasteiger partial charge < -0.3 is 4.74 Å². The minimum absolute atomic E-state index is 0.102. The minimum Gasteiger partial charge on any atom is -0.460 e. The number of hydrogen-bond acceptors (Lipinski definition) is 4. The van der Waals surface area contributed by atoms with E-state index in [2.05, 4.69) is 15.2 Å². The highest BCUT2D eigenvalue weighted by Gasteiger charge is 2.16. The van der Waals surface area contributed by atoms with Crippen molar-refractivity contribution in [1.82, 2.24) is 15.2 Å². The van der Waals surface area contributed by atoms with Gasteiger partial charge in [0.1, 0.15) is 11.6 Å². The van der Waals surface area contributed by atoms with Gasteiger partial charge in [0.25, 0.3) is 0 Å². The molecule has 2 aromatic rings. The van der Waals surface area contributed by atoms with Gasteiger partial charge in [0.05, 0.1) is 12.2 Å². The van der Waals surface area contributed by atoms with E-state index in [9.17, 15) is 13.6 Å². The zero-order valence-electron chi connectivity index (χ0n) is 9.41. The third-order valence-corrected chi connectivity index (χ3v) is 2.12. The number of nitrogens with zero attached hydrogens (tertiary/aromatic N) is 2. The first-order valence-corrected chi connectivity index (χ1v) is 5.16. The van der Waals surface area contributed by atoms with Crippen molar-refractivity contribution in [2.75, 3.05) is 6.61 Å². The second-order valence-electron chi connectivity index (χ2n) is 3.35. The van der Waals surface area contributed by atoms with E-state index >= 15 is 0 Å². The summed E-state index contributed by atoms with van der Waals surface area (Å²) in [5.74, 6) is -2.25. The van der Waals surface area contributed by atoms with E-state index < -0.39 is 17.6 Å². The quantitative estimate of drug-likeness (QED) is 0.848. The van der Waals surface area contributed by atoms with Gasteiger partial charge in [-0.05, 0) is 25.1 Å². The van der Waals surface area contributed by atoms with E-state index in [1.54, 1.807) is 6.92 Å². The zero-order valence-corrected chi connectivity index (χ0v) is 9.41. The van der Waals surface area contributed by atoms with Crippen molar-refractivity contribution in [3.63, 3.8) is 0 Å². The van der Waals surface area contributed by atoms with Crippen LogP contribution in [0.1, 0.15) is 17.5 Å². The molecule has 0 saturated carbocycles. The largest absolute Gasteiger partial charge is 0.460 e. The Morgan fingerprint density at radius 1 is 1.44 bits per heavy atom. The number of H-pyrrole nitrogens is 1. The van der Waals surface area contributed by atoms with Gasteiger partial charge in [-0.2, -0.15) is 5.10 Å². The molecule has 0 aliphatic carbocycles. The van der Waals surface area contributed by atoms with Gasteiger partial charge in [0, 0.05) is 0 Å². The van der Waals surface area contributed by atoms with Crippen LogP contribution in [0.4, 0.5) is 8.78 Å². The molecule has 0 amide bonds. The highest BCUT2D eigenvalue weighted by molar-refractivity contribution is 5.85. The highest BCUT2D eigenvalue weighted by atomic mass is 19.1. The monoisotopic (exact) mass is 253 g/mol. The van der Waals surface area contributed by atoms with Crippen molar-refractivity contribution in [3.8, 4) is 11.4 Å². The molecule has 0 atom stereocenters. The molecule has 5 nitrogen and oxygen atoms in total. The number of hydrogen-bond donors (Lipinski definition) is 1. The van der Waals surface area contributed by atoms with Crippen LogP contribution in [0, 0.1) is 11.6 Å². The number of carbonyl (C=O) groups is 1. The van der Waals surface area contributed by atoms with Gasteiger partial charge in [0.2, 0.25) is 5.82 Å². The molecule has 0 spiro atoms. The molecule has 94 valence electrons. The Morgan fingerprint density at radius 2 is 2.22 bits per heavy atom. The normalized spacial score (nSPS) is 10.4. The summed E-state index contributed by atoms with van der Waals surface area (Å²) >= 11 is 0. The average Bonchev–Trinajstić information content (AvgIpc) is 2.82. The van der Waals surface area contributed by atoms with E-state index in [0.29, 0.717) is 0 Å². The van der Waals surface area contributed by atoms with E-state index in [1.165, 1.54) is 0 Å². The first-order chi connectivity index (χ1) is 8.61. The number of ether oxygens (including phenoxy) is 1. The van der Waals surface area contributed by atoms with Crippen molar-refractivity contribution in [3.05, 3.63) is 35.7 Å². The maximum absolute atomic E-state index is 13.4. The first-order valence-electron chi connectivity index (χ1n) is 5.16. The van der Waals surface area contributed by atoms with Crippen molar-refractivity contribution >= 4 is 5.97 Å². The second-order valence-corrected chi connectivity index (χ2v) is 3.35. The predicted molar refractivity (Wildman–Crippen MR) is 57.7 cm³/mol. The first kappa shape index (κ1) is 12.2. The highest BCUT2D eigenvalue weighted by Crippen LogP contribution is 2.20. The zero-order chi connectivity index (χ0) is 13.1. The molecular formula is C11H9F2N3O2. The summed E-state index contributed by atoms with van der Waals surface area (Å²) < 4.78 is 31.1. The number of halogens is 2. The lowest BCUT2D eigenvalue weighted by atomic mass is 10.2. The van der Waals surface area contributed by atoms with Gasteiger partial charge in [-0.1, -0.05) is 0 Å². The van der Waals surface area contributed by atoms with E-state index in [0.717, 1.165) is 18.2 Å². The smallest absolute Gasteiger partial charge is 0.375 e. The molecule has 7 heteroatoms. The van der Waals surface area contributed by atoms with Gasteiger partial charge >= 0.3 is 5.97 Å². The number of aromatic amines is 1. The molecule has 18 heavy (non-hydrogen) atoms. The van der Waals surface area contributed by atoms with Crippen LogP contribution in [-0.2, 0) is 4.74 Å². The number of rotatable bonds is 3. The Labute approximate surface area is 101 Å². The number of aromatic nitrogens is 3. The van der Waals surface area contributed by atoms with E-state index in [-0.39, 0.29) is 23.8 Å². The van der Waals surface area contributed by atoms with Crippen LogP contribution in [0.5, 0.6) is 0 Å². The van der Waals surface area contributed by atoms with Crippen molar-refractivity contribution in [2.24, 2.45) is 0 Å². The maximum Gasteiger partial charge on any atom is 0.375 e. The minimum atomic E-state index is -0.701. The van der Waals surface area contributed by atoms with Crippen LogP contribution in [-0.4, -0.2) is 27.8 Å². The Bertz CT molecular complexity index is 583. The van der Waals surface area contributed by atoms with Gasteiger partial charge in [-0.3, -0.25) is 5.10 Å². The van der Waals surface area contributed by atoms with Crippen LogP contribution >= 0.6 is 0 Å². The lowest BCUT2D eigenvalue weighted by Gasteiger charge is -1.97. The number of nitrogens with one attached hydrogen (secondary N) is 1. The average molecular weight is 253 g/mol. The lowest BCUT2D eigenvalue weighted by molar-refractivity contribution is 0.0512. The molecule has 2 rings (SSSR count). The second kappa shape index (κ2) is 4.91. The molecule has 0 saturated heterocycles.